The van der Waals surface area contributed by atoms with Gasteiger partial charge in [-0.2, -0.15) is 0 Å². The predicted octanol–water partition coefficient (Wildman–Crippen LogP) is 4.02. The first-order chi connectivity index (χ1) is 17.5. The van der Waals surface area contributed by atoms with Crippen LogP contribution in [0.15, 0.2) is 77.4 Å². The molecule has 4 rings (SSSR count). The summed E-state index contributed by atoms with van der Waals surface area (Å²) < 4.78 is 20.1. The molecule has 188 valence electrons. The zero-order chi connectivity index (χ0) is 25.3. The van der Waals surface area contributed by atoms with Crippen LogP contribution in [0.25, 0.3) is 0 Å². The zero-order valence-electron chi connectivity index (χ0n) is 20.0. The van der Waals surface area contributed by atoms with Gasteiger partial charge in [0.15, 0.2) is 5.76 Å². The molecule has 1 aromatic heterocycles. The number of nitrogens with one attached hydrogen (secondary N) is 2. The second-order valence-electron chi connectivity index (χ2n) is 8.90. The average molecular weight is 492 g/mol. The quantitative estimate of drug-likeness (QED) is 0.448. The normalized spacial score (nSPS) is 14.2. The summed E-state index contributed by atoms with van der Waals surface area (Å²) in [5.41, 5.74) is 1.09. The van der Waals surface area contributed by atoms with Gasteiger partial charge in [0.05, 0.1) is 12.8 Å². The Bertz CT molecular complexity index is 1160. The summed E-state index contributed by atoms with van der Waals surface area (Å²) in [5.74, 6) is -1.97. The molecule has 0 aliphatic heterocycles. The van der Waals surface area contributed by atoms with Crippen molar-refractivity contribution in [2.75, 3.05) is 13.1 Å². The van der Waals surface area contributed by atoms with Crippen molar-refractivity contribution in [3.63, 3.8) is 0 Å². The Morgan fingerprint density at radius 2 is 1.69 bits per heavy atom. The third kappa shape index (κ3) is 6.38. The smallest absolute Gasteiger partial charge is 0.287 e. The molecule has 2 aromatic carbocycles. The molecule has 1 heterocycles. The fourth-order valence-electron chi connectivity index (χ4n) is 4.54. The van der Waals surface area contributed by atoms with Gasteiger partial charge in [-0.3, -0.25) is 14.4 Å². The molecule has 8 heteroatoms. The van der Waals surface area contributed by atoms with Gasteiger partial charge < -0.3 is 20.0 Å². The average Bonchev–Trinajstić information content (AvgIpc) is 3.61. The highest BCUT2D eigenvalue weighted by atomic mass is 19.1. The summed E-state index contributed by atoms with van der Waals surface area (Å²) >= 11 is 0. The number of carbonyl (C=O) groups is 3. The molecular formula is C28H30FN3O4. The molecule has 1 unspecified atom stereocenters. The number of nitrogens with zero attached hydrogens (tertiary/aromatic N) is 1. The van der Waals surface area contributed by atoms with E-state index in [9.17, 15) is 14.4 Å². The largest absolute Gasteiger partial charge is 0.459 e. The molecule has 1 aliphatic rings. The predicted molar refractivity (Wildman–Crippen MR) is 132 cm³/mol. The number of amides is 3. The van der Waals surface area contributed by atoms with Gasteiger partial charge in [0, 0.05) is 18.2 Å². The number of benzene rings is 2. The molecule has 3 amide bonds. The molecule has 36 heavy (non-hydrogen) atoms. The van der Waals surface area contributed by atoms with Crippen molar-refractivity contribution in [1.29, 1.82) is 0 Å². The van der Waals surface area contributed by atoms with Crippen molar-refractivity contribution in [2.24, 2.45) is 0 Å². The molecule has 2 N–H and O–H groups in total. The SMILES string of the molecule is O=C(NCC(=O)N(CCc1ccccc1)C(C(=O)NC1CCCC1)c1ccccc1F)c1ccco1. The molecule has 7 nitrogen and oxygen atoms in total. The lowest BCUT2D eigenvalue weighted by Gasteiger charge is -2.32. The van der Waals surface area contributed by atoms with E-state index in [1.54, 1.807) is 18.2 Å². The lowest BCUT2D eigenvalue weighted by molar-refractivity contribution is -0.140. The Hall–Kier alpha value is -3.94. The van der Waals surface area contributed by atoms with Gasteiger partial charge in [-0.25, -0.2) is 4.39 Å². The first kappa shape index (κ1) is 25.2. The van der Waals surface area contributed by atoms with Crippen molar-refractivity contribution in [1.82, 2.24) is 15.5 Å². The number of furan rings is 1. The Labute approximate surface area is 209 Å². The molecule has 1 saturated carbocycles. The van der Waals surface area contributed by atoms with E-state index >= 15 is 4.39 Å². The second-order valence-corrected chi connectivity index (χ2v) is 8.90. The van der Waals surface area contributed by atoms with E-state index in [-0.39, 0.29) is 30.5 Å². The maximum atomic E-state index is 15.0. The molecule has 0 bridgehead atoms. The minimum absolute atomic E-state index is 0.00324. The van der Waals surface area contributed by atoms with Crippen LogP contribution in [-0.4, -0.2) is 41.8 Å². The van der Waals surface area contributed by atoms with Crippen molar-refractivity contribution in [2.45, 2.75) is 44.2 Å². The number of carbonyl (C=O) groups excluding carboxylic acids is 3. The second kappa shape index (κ2) is 12.2. The Kier molecular flexibility index (Phi) is 8.49. The molecule has 3 aromatic rings. The van der Waals surface area contributed by atoms with Crippen LogP contribution in [0.3, 0.4) is 0 Å². The molecule has 0 spiro atoms. The van der Waals surface area contributed by atoms with Crippen molar-refractivity contribution in [3.8, 4) is 0 Å². The Morgan fingerprint density at radius 1 is 0.972 bits per heavy atom. The Balaban J connectivity index is 1.60. The van der Waals surface area contributed by atoms with Gasteiger partial charge in [0.2, 0.25) is 11.8 Å². The molecule has 1 aliphatic carbocycles. The highest BCUT2D eigenvalue weighted by Crippen LogP contribution is 2.26. The van der Waals surface area contributed by atoms with E-state index in [1.165, 1.54) is 29.4 Å². The van der Waals surface area contributed by atoms with Crippen molar-refractivity contribution in [3.05, 3.63) is 95.7 Å². The summed E-state index contributed by atoms with van der Waals surface area (Å²) in [6.07, 6.45) is 5.57. The van der Waals surface area contributed by atoms with Crippen LogP contribution >= 0.6 is 0 Å². The molecule has 0 saturated heterocycles. The summed E-state index contributed by atoms with van der Waals surface area (Å²) in [4.78, 5) is 40.8. The number of rotatable bonds is 10. The van der Waals surface area contributed by atoms with E-state index in [0.717, 1.165) is 31.2 Å². The fraction of sp³-hybridized carbons (Fsp3) is 0.321. The third-order valence-corrected chi connectivity index (χ3v) is 6.41. The highest BCUT2D eigenvalue weighted by molar-refractivity contribution is 5.95. The summed E-state index contributed by atoms with van der Waals surface area (Å²) in [7, 11) is 0. The van der Waals surface area contributed by atoms with Gasteiger partial charge in [-0.05, 0) is 43.0 Å². The summed E-state index contributed by atoms with van der Waals surface area (Å²) in [6, 6.07) is 17.4. The maximum Gasteiger partial charge on any atom is 0.287 e. The minimum atomic E-state index is -1.18. The lowest BCUT2D eigenvalue weighted by Crippen LogP contribution is -2.49. The van der Waals surface area contributed by atoms with E-state index in [4.69, 9.17) is 4.42 Å². The fourth-order valence-corrected chi connectivity index (χ4v) is 4.54. The maximum absolute atomic E-state index is 15.0. The van der Waals surface area contributed by atoms with Gasteiger partial charge in [0.25, 0.3) is 5.91 Å². The highest BCUT2D eigenvalue weighted by Gasteiger charge is 2.34. The monoisotopic (exact) mass is 491 g/mol. The number of hydrogen-bond donors (Lipinski definition) is 2. The molecule has 1 atom stereocenters. The van der Waals surface area contributed by atoms with Gasteiger partial charge in [-0.1, -0.05) is 61.4 Å². The van der Waals surface area contributed by atoms with E-state index < -0.39 is 29.6 Å². The topological polar surface area (TPSA) is 91.7 Å². The van der Waals surface area contributed by atoms with Crippen molar-refractivity contribution < 1.29 is 23.2 Å². The van der Waals surface area contributed by atoms with Crippen LogP contribution < -0.4 is 10.6 Å². The van der Waals surface area contributed by atoms with Crippen molar-refractivity contribution >= 4 is 17.7 Å². The number of hydrogen-bond acceptors (Lipinski definition) is 4. The van der Waals surface area contributed by atoms with Gasteiger partial charge in [-0.15, -0.1) is 0 Å². The van der Waals surface area contributed by atoms with Crippen LogP contribution in [0.5, 0.6) is 0 Å². The number of halogens is 1. The van der Waals surface area contributed by atoms with Gasteiger partial charge >= 0.3 is 0 Å². The van der Waals surface area contributed by atoms with Crippen LogP contribution in [0.2, 0.25) is 0 Å². The first-order valence-corrected chi connectivity index (χ1v) is 12.2. The summed E-state index contributed by atoms with van der Waals surface area (Å²) in [6.45, 7) is -0.202. The molecular weight excluding hydrogens is 461 g/mol. The lowest BCUT2D eigenvalue weighted by atomic mass is 10.0. The van der Waals surface area contributed by atoms with E-state index in [2.05, 4.69) is 10.6 Å². The van der Waals surface area contributed by atoms with Crippen LogP contribution in [0.1, 0.15) is 53.4 Å². The Morgan fingerprint density at radius 3 is 2.39 bits per heavy atom. The van der Waals surface area contributed by atoms with E-state index in [0.29, 0.717) is 6.42 Å². The minimum Gasteiger partial charge on any atom is -0.459 e. The van der Waals surface area contributed by atoms with Gasteiger partial charge in [0.1, 0.15) is 11.9 Å². The van der Waals surface area contributed by atoms with Crippen LogP contribution in [0, 0.1) is 5.82 Å². The zero-order valence-corrected chi connectivity index (χ0v) is 20.0. The first-order valence-electron chi connectivity index (χ1n) is 12.2. The molecule has 0 radical (unpaired) electrons. The van der Waals surface area contributed by atoms with Crippen LogP contribution in [-0.2, 0) is 16.0 Å². The third-order valence-electron chi connectivity index (χ3n) is 6.41. The van der Waals surface area contributed by atoms with E-state index in [1.807, 2.05) is 30.3 Å². The molecule has 1 fully saturated rings. The summed E-state index contributed by atoms with van der Waals surface area (Å²) in [5, 5.41) is 5.57. The standard InChI is InChI=1S/C28H30FN3O4/c29-23-14-7-6-13-22(23)26(28(35)31-21-11-4-5-12-21)32(17-16-20-9-2-1-3-10-20)25(33)19-30-27(34)24-15-8-18-36-24/h1-3,6-10,13-15,18,21,26H,4-5,11-12,16-17,19H2,(H,30,34)(H,31,35). The van der Waals surface area contributed by atoms with Crippen LogP contribution in [0.4, 0.5) is 4.39 Å².